The SMILES string of the molecule is O=S(=O)(c1ccc(F)cc1)N1CCN(CC2CCCO2)CC1. The summed E-state index contributed by atoms with van der Waals surface area (Å²) < 4.78 is 45.1. The van der Waals surface area contributed by atoms with E-state index in [0.717, 1.165) is 26.0 Å². The second kappa shape index (κ2) is 6.62. The molecule has 0 saturated carbocycles. The van der Waals surface area contributed by atoms with Crippen LogP contribution in [0, 0.1) is 5.82 Å². The van der Waals surface area contributed by atoms with E-state index >= 15 is 0 Å². The smallest absolute Gasteiger partial charge is 0.243 e. The van der Waals surface area contributed by atoms with Gasteiger partial charge in [-0.2, -0.15) is 4.31 Å². The van der Waals surface area contributed by atoms with Gasteiger partial charge in [0.25, 0.3) is 0 Å². The van der Waals surface area contributed by atoms with Crippen molar-refractivity contribution in [2.45, 2.75) is 23.8 Å². The molecule has 5 nitrogen and oxygen atoms in total. The topological polar surface area (TPSA) is 49.9 Å². The number of nitrogens with zero attached hydrogens (tertiary/aromatic N) is 2. The van der Waals surface area contributed by atoms with Gasteiger partial charge in [0.05, 0.1) is 11.0 Å². The van der Waals surface area contributed by atoms with Gasteiger partial charge >= 0.3 is 0 Å². The van der Waals surface area contributed by atoms with E-state index < -0.39 is 15.8 Å². The average Bonchev–Trinajstić information content (AvgIpc) is 3.01. The second-order valence-electron chi connectivity index (χ2n) is 5.79. The third-order valence-corrected chi connectivity index (χ3v) is 6.18. The van der Waals surface area contributed by atoms with E-state index in [1.165, 1.54) is 28.6 Å². The minimum Gasteiger partial charge on any atom is -0.377 e. The molecule has 122 valence electrons. The summed E-state index contributed by atoms with van der Waals surface area (Å²) in [5.41, 5.74) is 0. The highest BCUT2D eigenvalue weighted by Crippen LogP contribution is 2.19. The Morgan fingerprint density at radius 1 is 1.14 bits per heavy atom. The molecule has 0 amide bonds. The fourth-order valence-electron chi connectivity index (χ4n) is 2.98. The lowest BCUT2D eigenvalue weighted by Gasteiger charge is -2.35. The molecule has 22 heavy (non-hydrogen) atoms. The van der Waals surface area contributed by atoms with Gasteiger partial charge in [0.1, 0.15) is 5.82 Å². The van der Waals surface area contributed by atoms with E-state index in [1.54, 1.807) is 0 Å². The van der Waals surface area contributed by atoms with Gasteiger partial charge in [-0.3, -0.25) is 4.90 Å². The van der Waals surface area contributed by atoms with Crippen molar-refractivity contribution < 1.29 is 17.5 Å². The van der Waals surface area contributed by atoms with Crippen molar-refractivity contribution in [3.05, 3.63) is 30.1 Å². The van der Waals surface area contributed by atoms with Crippen molar-refractivity contribution in [1.82, 2.24) is 9.21 Å². The van der Waals surface area contributed by atoms with Crippen LogP contribution in [0.25, 0.3) is 0 Å². The lowest BCUT2D eigenvalue weighted by Crippen LogP contribution is -2.50. The predicted molar refractivity (Wildman–Crippen MR) is 80.6 cm³/mol. The largest absolute Gasteiger partial charge is 0.377 e. The number of rotatable bonds is 4. The summed E-state index contributed by atoms with van der Waals surface area (Å²) in [6, 6.07) is 5.01. The molecule has 2 aliphatic heterocycles. The molecule has 2 heterocycles. The van der Waals surface area contributed by atoms with E-state index in [9.17, 15) is 12.8 Å². The van der Waals surface area contributed by atoms with Crippen LogP contribution < -0.4 is 0 Å². The molecule has 2 fully saturated rings. The van der Waals surface area contributed by atoms with E-state index in [-0.39, 0.29) is 4.90 Å². The molecule has 3 rings (SSSR count). The quantitative estimate of drug-likeness (QED) is 0.836. The van der Waals surface area contributed by atoms with Crippen LogP contribution in [0.5, 0.6) is 0 Å². The maximum absolute atomic E-state index is 12.9. The summed E-state index contributed by atoms with van der Waals surface area (Å²) in [6.45, 7) is 4.06. The van der Waals surface area contributed by atoms with E-state index in [0.29, 0.717) is 32.3 Å². The molecule has 1 aromatic rings. The Bertz CT molecular complexity index is 592. The Balaban J connectivity index is 1.59. The fourth-order valence-corrected chi connectivity index (χ4v) is 4.41. The second-order valence-corrected chi connectivity index (χ2v) is 7.73. The van der Waals surface area contributed by atoms with Gasteiger partial charge < -0.3 is 4.74 Å². The van der Waals surface area contributed by atoms with Crippen LogP contribution in [0.2, 0.25) is 0 Å². The lowest BCUT2D eigenvalue weighted by molar-refractivity contribution is 0.0617. The van der Waals surface area contributed by atoms with Crippen molar-refractivity contribution in [2.24, 2.45) is 0 Å². The molecule has 0 N–H and O–H groups in total. The first-order valence-electron chi connectivity index (χ1n) is 7.65. The van der Waals surface area contributed by atoms with Crippen molar-refractivity contribution >= 4 is 10.0 Å². The summed E-state index contributed by atoms with van der Waals surface area (Å²) in [5.74, 6) is -0.430. The number of benzene rings is 1. The van der Waals surface area contributed by atoms with Crippen LogP contribution >= 0.6 is 0 Å². The van der Waals surface area contributed by atoms with E-state index in [4.69, 9.17) is 4.74 Å². The highest BCUT2D eigenvalue weighted by atomic mass is 32.2. The zero-order valence-electron chi connectivity index (χ0n) is 12.4. The molecular formula is C15H21FN2O3S. The van der Waals surface area contributed by atoms with Gasteiger partial charge in [0.2, 0.25) is 10.0 Å². The summed E-state index contributed by atoms with van der Waals surface area (Å²) in [7, 11) is -3.52. The summed E-state index contributed by atoms with van der Waals surface area (Å²) in [4.78, 5) is 2.41. The van der Waals surface area contributed by atoms with Crippen LogP contribution in [-0.2, 0) is 14.8 Å². The minimum absolute atomic E-state index is 0.154. The normalized spacial score (nSPS) is 24.7. The van der Waals surface area contributed by atoms with Crippen molar-refractivity contribution in [3.63, 3.8) is 0 Å². The number of halogens is 1. The Morgan fingerprint density at radius 3 is 2.41 bits per heavy atom. The molecule has 2 saturated heterocycles. The Labute approximate surface area is 130 Å². The molecule has 2 aliphatic rings. The number of ether oxygens (including phenoxy) is 1. The highest BCUT2D eigenvalue weighted by molar-refractivity contribution is 7.89. The molecule has 0 bridgehead atoms. The first-order chi connectivity index (χ1) is 10.6. The number of piperazine rings is 1. The molecule has 1 atom stereocenters. The number of sulfonamides is 1. The molecule has 0 spiro atoms. The standard InChI is InChI=1S/C15H21FN2O3S/c16-13-3-5-15(6-4-13)22(19,20)18-9-7-17(8-10-18)12-14-2-1-11-21-14/h3-6,14H,1-2,7-12H2. The van der Waals surface area contributed by atoms with Crippen LogP contribution in [0.1, 0.15) is 12.8 Å². The monoisotopic (exact) mass is 328 g/mol. The number of hydrogen-bond acceptors (Lipinski definition) is 4. The van der Waals surface area contributed by atoms with Gasteiger partial charge in [-0.1, -0.05) is 0 Å². The zero-order chi connectivity index (χ0) is 15.6. The third-order valence-electron chi connectivity index (χ3n) is 4.27. The summed E-state index contributed by atoms with van der Waals surface area (Å²) >= 11 is 0. The van der Waals surface area contributed by atoms with Crippen LogP contribution in [0.15, 0.2) is 29.2 Å². The van der Waals surface area contributed by atoms with Gasteiger partial charge in [0, 0.05) is 39.3 Å². The van der Waals surface area contributed by atoms with Crippen LogP contribution in [0.4, 0.5) is 4.39 Å². The minimum atomic E-state index is -3.52. The molecular weight excluding hydrogens is 307 g/mol. The molecule has 0 aromatic heterocycles. The van der Waals surface area contributed by atoms with E-state index in [2.05, 4.69) is 4.90 Å². The Kier molecular flexibility index (Phi) is 4.77. The molecule has 0 aliphatic carbocycles. The van der Waals surface area contributed by atoms with Gasteiger partial charge in [-0.15, -0.1) is 0 Å². The van der Waals surface area contributed by atoms with Crippen molar-refractivity contribution in [1.29, 1.82) is 0 Å². The first kappa shape index (κ1) is 15.9. The van der Waals surface area contributed by atoms with Gasteiger partial charge in [0.15, 0.2) is 0 Å². The van der Waals surface area contributed by atoms with Gasteiger partial charge in [-0.25, -0.2) is 12.8 Å². The number of hydrogen-bond donors (Lipinski definition) is 0. The van der Waals surface area contributed by atoms with Crippen LogP contribution in [-0.4, -0.2) is 63.1 Å². The lowest BCUT2D eigenvalue weighted by atomic mass is 10.2. The Hall–Kier alpha value is -1.02. The van der Waals surface area contributed by atoms with Crippen molar-refractivity contribution in [3.8, 4) is 0 Å². The molecule has 1 unspecified atom stereocenters. The first-order valence-corrected chi connectivity index (χ1v) is 9.09. The fraction of sp³-hybridized carbons (Fsp3) is 0.600. The Morgan fingerprint density at radius 2 is 1.82 bits per heavy atom. The summed E-state index contributed by atoms with van der Waals surface area (Å²) in [5, 5.41) is 0. The van der Waals surface area contributed by atoms with Crippen LogP contribution in [0.3, 0.4) is 0 Å². The zero-order valence-corrected chi connectivity index (χ0v) is 13.3. The molecule has 0 radical (unpaired) electrons. The maximum atomic E-state index is 12.9. The van der Waals surface area contributed by atoms with Gasteiger partial charge in [-0.05, 0) is 37.1 Å². The molecule has 1 aromatic carbocycles. The third kappa shape index (κ3) is 3.48. The molecule has 7 heteroatoms. The van der Waals surface area contributed by atoms with E-state index in [1.807, 2.05) is 0 Å². The highest BCUT2D eigenvalue weighted by Gasteiger charge is 2.29. The average molecular weight is 328 g/mol. The predicted octanol–water partition coefficient (Wildman–Crippen LogP) is 1.31. The maximum Gasteiger partial charge on any atom is 0.243 e. The van der Waals surface area contributed by atoms with Crippen molar-refractivity contribution in [2.75, 3.05) is 39.3 Å². The summed E-state index contributed by atoms with van der Waals surface area (Å²) in [6.07, 6.45) is 2.50.